The van der Waals surface area contributed by atoms with Crippen LogP contribution in [0.1, 0.15) is 31.7 Å². The van der Waals surface area contributed by atoms with E-state index in [4.69, 9.17) is 9.73 Å². The molecule has 0 aliphatic carbocycles. The van der Waals surface area contributed by atoms with Crippen molar-refractivity contribution < 1.29 is 9.53 Å². The molecule has 7 heteroatoms. The first-order valence-corrected chi connectivity index (χ1v) is 12.4. The zero-order chi connectivity index (χ0) is 22.2. The number of nitrogens with one attached hydrogen (secondary N) is 1. The molecular formula is C25H39N5O2. The zero-order valence-corrected chi connectivity index (χ0v) is 19.5. The number of piperazine rings is 1. The molecule has 3 aliphatic heterocycles. The molecule has 1 aromatic rings. The Labute approximate surface area is 192 Å². The number of rotatable bonds is 7. The Kier molecular flexibility index (Phi) is 8.40. The predicted molar refractivity (Wildman–Crippen MR) is 128 cm³/mol. The van der Waals surface area contributed by atoms with Crippen LogP contribution in [0.15, 0.2) is 35.3 Å². The van der Waals surface area contributed by atoms with E-state index in [1.807, 2.05) is 4.90 Å². The number of hydrogen-bond donors (Lipinski definition) is 1. The maximum atomic E-state index is 12.6. The molecular weight excluding hydrogens is 402 g/mol. The third kappa shape index (κ3) is 6.23. The molecule has 3 saturated heterocycles. The fourth-order valence-corrected chi connectivity index (χ4v) is 4.95. The van der Waals surface area contributed by atoms with E-state index < -0.39 is 0 Å². The van der Waals surface area contributed by atoms with E-state index in [0.717, 1.165) is 84.2 Å². The van der Waals surface area contributed by atoms with Gasteiger partial charge in [0, 0.05) is 59.0 Å². The van der Waals surface area contributed by atoms with Gasteiger partial charge in [-0.25, -0.2) is 0 Å². The zero-order valence-electron chi connectivity index (χ0n) is 19.5. The first kappa shape index (κ1) is 23.1. The molecule has 0 bridgehead atoms. The van der Waals surface area contributed by atoms with Crippen LogP contribution in [0.25, 0.3) is 0 Å². The minimum Gasteiger partial charge on any atom is -0.368 e. The Bertz CT molecular complexity index is 742. The average Bonchev–Trinajstić information content (AvgIpc) is 3.53. The first-order valence-electron chi connectivity index (χ1n) is 12.4. The Hall–Kier alpha value is -2.12. The third-order valence-electron chi connectivity index (χ3n) is 6.86. The summed E-state index contributed by atoms with van der Waals surface area (Å²) in [6, 6.07) is 10.8. The second-order valence-electron chi connectivity index (χ2n) is 9.20. The molecule has 3 aliphatic rings. The number of carbonyl (C=O) groups is 1. The normalized spacial score (nSPS) is 24.8. The number of guanidine groups is 1. The molecule has 32 heavy (non-hydrogen) atoms. The summed E-state index contributed by atoms with van der Waals surface area (Å²) < 4.78 is 5.58. The summed E-state index contributed by atoms with van der Waals surface area (Å²) in [4.78, 5) is 24.5. The number of carbonyl (C=O) groups excluding carboxylic acids is 1. The number of nitrogens with zero attached hydrogens (tertiary/aromatic N) is 4. The number of likely N-dealkylation sites (tertiary alicyclic amines) is 1. The lowest BCUT2D eigenvalue weighted by Gasteiger charge is -2.37. The highest BCUT2D eigenvalue weighted by Gasteiger charge is 2.31. The minimum absolute atomic E-state index is 0.172. The minimum atomic E-state index is -0.212. The highest BCUT2D eigenvalue weighted by molar-refractivity contribution is 5.82. The molecule has 3 fully saturated rings. The van der Waals surface area contributed by atoms with Gasteiger partial charge in [0.05, 0.1) is 0 Å². The topological polar surface area (TPSA) is 60.4 Å². The van der Waals surface area contributed by atoms with Gasteiger partial charge in [-0.3, -0.25) is 9.79 Å². The highest BCUT2D eigenvalue weighted by Crippen LogP contribution is 2.18. The van der Waals surface area contributed by atoms with Gasteiger partial charge in [0.1, 0.15) is 6.10 Å². The van der Waals surface area contributed by atoms with E-state index in [2.05, 4.69) is 52.4 Å². The molecule has 2 unspecified atom stereocenters. The summed E-state index contributed by atoms with van der Waals surface area (Å²) in [6.07, 6.45) is 4.00. The molecule has 0 radical (unpaired) electrons. The van der Waals surface area contributed by atoms with Crippen molar-refractivity contribution in [3.8, 4) is 0 Å². The molecule has 2 atom stereocenters. The number of amides is 1. The van der Waals surface area contributed by atoms with Gasteiger partial charge in [0.25, 0.3) is 5.91 Å². The van der Waals surface area contributed by atoms with Crippen LogP contribution in [0.3, 0.4) is 0 Å². The third-order valence-corrected chi connectivity index (χ3v) is 6.86. The standard InChI is InChI=1S/C25H39N5O2/c1-2-26-25(30-16-14-29(15-17-30)24(31)23-9-6-18-32-23)27-19-22-11-13-28(20-22)12-10-21-7-4-3-5-8-21/h3-5,7-8,22-23H,2,6,9-20H2,1H3,(H,26,27). The molecule has 0 saturated carbocycles. The number of aliphatic imine (C=N–C) groups is 1. The maximum absolute atomic E-state index is 12.6. The van der Waals surface area contributed by atoms with Crippen molar-refractivity contribution in [2.75, 3.05) is 65.5 Å². The fourth-order valence-electron chi connectivity index (χ4n) is 4.95. The van der Waals surface area contributed by atoms with Crippen LogP contribution in [0.2, 0.25) is 0 Å². The SMILES string of the molecule is CCNC(=NCC1CCN(CCc2ccccc2)C1)N1CCN(C(=O)C2CCCO2)CC1. The van der Waals surface area contributed by atoms with E-state index in [1.54, 1.807) is 0 Å². The second-order valence-corrected chi connectivity index (χ2v) is 9.20. The van der Waals surface area contributed by atoms with Gasteiger partial charge in [-0.2, -0.15) is 0 Å². The van der Waals surface area contributed by atoms with Crippen LogP contribution in [0.4, 0.5) is 0 Å². The smallest absolute Gasteiger partial charge is 0.251 e. The Morgan fingerprint density at radius 3 is 2.59 bits per heavy atom. The lowest BCUT2D eigenvalue weighted by molar-refractivity contribution is -0.142. The van der Waals surface area contributed by atoms with Gasteiger partial charge in [0.15, 0.2) is 5.96 Å². The second kappa shape index (κ2) is 11.7. The molecule has 1 N–H and O–H groups in total. The first-order chi connectivity index (χ1) is 15.7. The lowest BCUT2D eigenvalue weighted by atomic mass is 10.1. The Morgan fingerprint density at radius 1 is 1.09 bits per heavy atom. The molecule has 7 nitrogen and oxygen atoms in total. The van der Waals surface area contributed by atoms with Gasteiger partial charge < -0.3 is 24.8 Å². The monoisotopic (exact) mass is 441 g/mol. The van der Waals surface area contributed by atoms with E-state index in [9.17, 15) is 4.79 Å². The van der Waals surface area contributed by atoms with E-state index in [1.165, 1.54) is 18.5 Å². The van der Waals surface area contributed by atoms with Crippen molar-refractivity contribution in [1.29, 1.82) is 0 Å². The molecule has 0 spiro atoms. The molecule has 4 rings (SSSR count). The van der Waals surface area contributed by atoms with Gasteiger partial charge in [-0.1, -0.05) is 30.3 Å². The summed E-state index contributed by atoms with van der Waals surface area (Å²) in [5.74, 6) is 1.80. The van der Waals surface area contributed by atoms with Gasteiger partial charge in [0.2, 0.25) is 0 Å². The summed E-state index contributed by atoms with van der Waals surface area (Å²) in [5.41, 5.74) is 1.42. The van der Waals surface area contributed by atoms with Crippen LogP contribution in [-0.2, 0) is 16.0 Å². The number of benzene rings is 1. The van der Waals surface area contributed by atoms with Crippen LogP contribution in [-0.4, -0.2) is 98.2 Å². The largest absolute Gasteiger partial charge is 0.368 e. The van der Waals surface area contributed by atoms with Gasteiger partial charge in [-0.15, -0.1) is 0 Å². The molecule has 1 amide bonds. The van der Waals surface area contributed by atoms with Gasteiger partial charge >= 0.3 is 0 Å². The van der Waals surface area contributed by atoms with Crippen LogP contribution < -0.4 is 5.32 Å². The van der Waals surface area contributed by atoms with E-state index in [-0.39, 0.29) is 12.0 Å². The summed E-state index contributed by atoms with van der Waals surface area (Å²) >= 11 is 0. The van der Waals surface area contributed by atoms with Crippen molar-refractivity contribution in [3.05, 3.63) is 35.9 Å². The van der Waals surface area contributed by atoms with Gasteiger partial charge in [-0.05, 0) is 50.6 Å². The molecule has 3 heterocycles. The summed E-state index contributed by atoms with van der Waals surface area (Å²) in [5, 5.41) is 3.47. The molecule has 1 aromatic carbocycles. The van der Waals surface area contributed by atoms with Crippen LogP contribution >= 0.6 is 0 Å². The van der Waals surface area contributed by atoms with E-state index >= 15 is 0 Å². The highest BCUT2D eigenvalue weighted by atomic mass is 16.5. The van der Waals surface area contributed by atoms with E-state index in [0.29, 0.717) is 5.92 Å². The molecule has 176 valence electrons. The number of ether oxygens (including phenoxy) is 1. The van der Waals surface area contributed by atoms with Crippen molar-refractivity contribution in [2.24, 2.45) is 10.9 Å². The average molecular weight is 442 g/mol. The summed E-state index contributed by atoms with van der Waals surface area (Å²) in [6.45, 7) is 11.2. The number of hydrogen-bond acceptors (Lipinski definition) is 4. The van der Waals surface area contributed by atoms with Crippen LogP contribution in [0, 0.1) is 5.92 Å². The van der Waals surface area contributed by atoms with Crippen molar-refractivity contribution in [3.63, 3.8) is 0 Å². The fraction of sp³-hybridized carbons (Fsp3) is 0.680. The predicted octanol–water partition coefficient (Wildman–Crippen LogP) is 1.84. The quantitative estimate of drug-likeness (QED) is 0.517. The van der Waals surface area contributed by atoms with Crippen molar-refractivity contribution in [1.82, 2.24) is 20.0 Å². The van der Waals surface area contributed by atoms with Crippen molar-refractivity contribution in [2.45, 2.75) is 38.7 Å². The van der Waals surface area contributed by atoms with Crippen molar-refractivity contribution >= 4 is 11.9 Å². The Balaban J connectivity index is 1.22. The summed E-state index contributed by atoms with van der Waals surface area (Å²) in [7, 11) is 0. The maximum Gasteiger partial charge on any atom is 0.251 e. The van der Waals surface area contributed by atoms with Crippen LogP contribution in [0.5, 0.6) is 0 Å². The lowest BCUT2D eigenvalue weighted by Crippen LogP contribution is -2.55. The molecule has 0 aromatic heterocycles. The Morgan fingerprint density at radius 2 is 1.88 bits per heavy atom.